The van der Waals surface area contributed by atoms with E-state index in [1.54, 1.807) is 4.90 Å². The van der Waals surface area contributed by atoms with Gasteiger partial charge in [-0.2, -0.15) is 0 Å². The third-order valence-corrected chi connectivity index (χ3v) is 3.56. The molecule has 0 bridgehead atoms. The molecule has 122 valence electrons. The van der Waals surface area contributed by atoms with Gasteiger partial charge in [-0.05, 0) is 18.8 Å². The van der Waals surface area contributed by atoms with Crippen LogP contribution in [0.3, 0.4) is 0 Å². The molecule has 2 heterocycles. The molecule has 1 amide bonds. The van der Waals surface area contributed by atoms with Gasteiger partial charge in [0.1, 0.15) is 6.26 Å². The minimum absolute atomic E-state index is 0.104. The summed E-state index contributed by atoms with van der Waals surface area (Å²) in [5.74, 6) is 0.443. The Labute approximate surface area is 129 Å². The van der Waals surface area contributed by atoms with Crippen molar-refractivity contribution in [2.75, 3.05) is 26.8 Å². The first-order valence-electron chi connectivity index (χ1n) is 7.46. The van der Waals surface area contributed by atoms with Gasteiger partial charge in [0.05, 0.1) is 13.7 Å². The summed E-state index contributed by atoms with van der Waals surface area (Å²) in [5, 5.41) is 0. The molecule has 7 nitrogen and oxygen atoms in total. The highest BCUT2D eigenvalue weighted by Gasteiger charge is 2.28. The number of oxazole rings is 1. The summed E-state index contributed by atoms with van der Waals surface area (Å²) < 4.78 is 15.2. The number of amides is 1. The van der Waals surface area contributed by atoms with E-state index < -0.39 is 5.97 Å². The second-order valence-electron chi connectivity index (χ2n) is 5.79. The van der Waals surface area contributed by atoms with E-state index in [0.717, 1.165) is 12.8 Å². The molecule has 1 fully saturated rings. The van der Waals surface area contributed by atoms with Crippen LogP contribution < -0.4 is 0 Å². The van der Waals surface area contributed by atoms with Crippen molar-refractivity contribution in [1.82, 2.24) is 9.88 Å². The fourth-order valence-electron chi connectivity index (χ4n) is 2.31. The molecule has 22 heavy (non-hydrogen) atoms. The zero-order valence-corrected chi connectivity index (χ0v) is 13.2. The Hall–Kier alpha value is -2.05. The smallest absolute Gasteiger partial charge is 0.409 e. The number of esters is 1. The van der Waals surface area contributed by atoms with Gasteiger partial charge in [-0.1, -0.05) is 13.8 Å². The summed E-state index contributed by atoms with van der Waals surface area (Å²) >= 11 is 0. The van der Waals surface area contributed by atoms with Crippen molar-refractivity contribution in [3.63, 3.8) is 0 Å². The maximum atomic E-state index is 11.9. The van der Waals surface area contributed by atoms with Crippen LogP contribution in [0, 0.1) is 5.92 Å². The Morgan fingerprint density at radius 2 is 2.09 bits per heavy atom. The number of rotatable bonds is 4. The lowest BCUT2D eigenvalue weighted by Gasteiger charge is -2.30. The van der Waals surface area contributed by atoms with Gasteiger partial charge in [-0.25, -0.2) is 14.6 Å². The molecule has 7 heteroatoms. The number of aromatic nitrogens is 1. The summed E-state index contributed by atoms with van der Waals surface area (Å²) in [6.07, 6.45) is 2.51. The standard InChI is InChI=1S/C15H22N2O5/c1-10(2)8-22-15(19)17-6-4-11(5-7-17)13-16-12(9-21-13)14(18)20-3/h9-11H,4-8H2,1-3H3. The van der Waals surface area contributed by atoms with Crippen molar-refractivity contribution in [3.8, 4) is 0 Å². The first-order valence-corrected chi connectivity index (χ1v) is 7.46. The number of nitrogens with zero attached hydrogens (tertiary/aromatic N) is 2. The van der Waals surface area contributed by atoms with Crippen LogP contribution in [0.15, 0.2) is 10.7 Å². The van der Waals surface area contributed by atoms with Crippen LogP contribution in [-0.4, -0.2) is 48.8 Å². The zero-order chi connectivity index (χ0) is 16.1. The van der Waals surface area contributed by atoms with Crippen molar-refractivity contribution in [3.05, 3.63) is 17.8 Å². The third kappa shape index (κ3) is 3.99. The van der Waals surface area contributed by atoms with Crippen molar-refractivity contribution in [1.29, 1.82) is 0 Å². The molecule has 0 N–H and O–H groups in total. The number of hydrogen-bond acceptors (Lipinski definition) is 6. The fourth-order valence-corrected chi connectivity index (χ4v) is 2.31. The summed E-state index contributed by atoms with van der Waals surface area (Å²) in [6, 6.07) is 0. The van der Waals surface area contributed by atoms with Gasteiger partial charge < -0.3 is 18.8 Å². The molecule has 0 saturated carbocycles. The van der Waals surface area contributed by atoms with E-state index in [-0.39, 0.29) is 17.7 Å². The molecule has 1 aliphatic heterocycles. The molecule has 2 rings (SSSR count). The van der Waals surface area contributed by atoms with E-state index in [0.29, 0.717) is 31.5 Å². The van der Waals surface area contributed by atoms with E-state index in [4.69, 9.17) is 9.15 Å². The summed E-state index contributed by atoms with van der Waals surface area (Å²) in [7, 11) is 1.30. The molecule has 0 aliphatic carbocycles. The number of carbonyl (C=O) groups excluding carboxylic acids is 2. The highest BCUT2D eigenvalue weighted by Crippen LogP contribution is 2.27. The number of piperidine rings is 1. The number of ether oxygens (including phenoxy) is 2. The fraction of sp³-hybridized carbons (Fsp3) is 0.667. The zero-order valence-electron chi connectivity index (χ0n) is 13.2. The molecule has 0 atom stereocenters. The number of methoxy groups -OCH3 is 1. The van der Waals surface area contributed by atoms with Gasteiger partial charge in [0, 0.05) is 19.0 Å². The topological polar surface area (TPSA) is 81.9 Å². The van der Waals surface area contributed by atoms with Crippen molar-refractivity contribution in [2.45, 2.75) is 32.6 Å². The highest BCUT2D eigenvalue weighted by molar-refractivity contribution is 5.86. The molecule has 1 aliphatic rings. The minimum Gasteiger partial charge on any atom is -0.464 e. The normalized spacial score (nSPS) is 15.9. The Morgan fingerprint density at radius 3 is 2.68 bits per heavy atom. The average molecular weight is 310 g/mol. The Kier molecular flexibility index (Phi) is 5.41. The monoisotopic (exact) mass is 310 g/mol. The molecule has 0 unspecified atom stereocenters. The van der Waals surface area contributed by atoms with Crippen molar-refractivity contribution in [2.24, 2.45) is 5.92 Å². The molecule has 0 aromatic carbocycles. The van der Waals surface area contributed by atoms with Gasteiger partial charge >= 0.3 is 12.1 Å². The van der Waals surface area contributed by atoms with E-state index in [2.05, 4.69) is 9.72 Å². The maximum Gasteiger partial charge on any atom is 0.409 e. The predicted octanol–water partition coefficient (Wildman–Crippen LogP) is 2.43. The molecule has 1 aromatic heterocycles. The van der Waals surface area contributed by atoms with Crippen LogP contribution in [0.4, 0.5) is 4.79 Å². The first-order chi connectivity index (χ1) is 10.5. The van der Waals surface area contributed by atoms with E-state index in [1.807, 2.05) is 13.8 Å². The summed E-state index contributed by atoms with van der Waals surface area (Å²) in [4.78, 5) is 29.1. The van der Waals surface area contributed by atoms with Crippen molar-refractivity contribution < 1.29 is 23.5 Å². The Bertz CT molecular complexity index is 518. The second-order valence-corrected chi connectivity index (χ2v) is 5.79. The first kappa shape index (κ1) is 16.3. The molecule has 1 saturated heterocycles. The number of carbonyl (C=O) groups is 2. The quantitative estimate of drug-likeness (QED) is 0.794. The largest absolute Gasteiger partial charge is 0.464 e. The summed E-state index contributed by atoms with van der Waals surface area (Å²) in [5.41, 5.74) is 0.177. The third-order valence-electron chi connectivity index (χ3n) is 3.56. The number of hydrogen-bond donors (Lipinski definition) is 0. The molecule has 0 radical (unpaired) electrons. The lowest BCUT2D eigenvalue weighted by Crippen LogP contribution is -2.38. The Morgan fingerprint density at radius 1 is 1.41 bits per heavy atom. The minimum atomic E-state index is -0.510. The molecular weight excluding hydrogens is 288 g/mol. The molecule has 0 spiro atoms. The second kappa shape index (κ2) is 7.29. The van der Waals surface area contributed by atoms with Crippen LogP contribution in [0.1, 0.15) is 49.0 Å². The van der Waals surface area contributed by atoms with Gasteiger partial charge in [-0.3, -0.25) is 0 Å². The maximum absolute atomic E-state index is 11.9. The van der Waals surface area contributed by atoms with Gasteiger partial charge in [0.25, 0.3) is 0 Å². The van der Waals surface area contributed by atoms with Crippen molar-refractivity contribution >= 4 is 12.1 Å². The van der Waals surface area contributed by atoms with Crippen LogP contribution in [0.25, 0.3) is 0 Å². The lowest BCUT2D eigenvalue weighted by molar-refractivity contribution is 0.0594. The van der Waals surface area contributed by atoms with Crippen LogP contribution in [0.2, 0.25) is 0 Å². The van der Waals surface area contributed by atoms with Gasteiger partial charge in [0.15, 0.2) is 11.6 Å². The van der Waals surface area contributed by atoms with E-state index in [9.17, 15) is 9.59 Å². The lowest BCUT2D eigenvalue weighted by atomic mass is 9.97. The van der Waals surface area contributed by atoms with Crippen LogP contribution in [0.5, 0.6) is 0 Å². The molecule has 1 aromatic rings. The average Bonchev–Trinajstić information content (AvgIpc) is 3.02. The Balaban J connectivity index is 1.85. The summed E-state index contributed by atoms with van der Waals surface area (Å²) in [6.45, 7) is 5.62. The van der Waals surface area contributed by atoms with E-state index >= 15 is 0 Å². The molecular formula is C15H22N2O5. The van der Waals surface area contributed by atoms with Gasteiger partial charge in [-0.15, -0.1) is 0 Å². The SMILES string of the molecule is COC(=O)c1coc(C2CCN(C(=O)OCC(C)C)CC2)n1. The predicted molar refractivity (Wildman–Crippen MR) is 77.6 cm³/mol. The van der Waals surface area contributed by atoms with E-state index in [1.165, 1.54) is 13.4 Å². The van der Waals surface area contributed by atoms with Crippen LogP contribution in [-0.2, 0) is 9.47 Å². The van der Waals surface area contributed by atoms with Gasteiger partial charge in [0.2, 0.25) is 0 Å². The van der Waals surface area contributed by atoms with Crippen LogP contribution >= 0.6 is 0 Å². The highest BCUT2D eigenvalue weighted by atomic mass is 16.6. The number of likely N-dealkylation sites (tertiary alicyclic amines) is 1.